The average molecular weight is 402 g/mol. The maximum Gasteiger partial charge on any atom is 0.231 e. The predicted octanol–water partition coefficient (Wildman–Crippen LogP) is 0.841. The Balaban J connectivity index is 0.00000192. The highest BCUT2D eigenvalue weighted by Crippen LogP contribution is 2.50. The molecule has 0 fully saturated rings. The largest absolute Gasteiger partial charge is 1.00 e. The minimum absolute atomic E-state index is 0. The van der Waals surface area contributed by atoms with E-state index in [-0.39, 0.29) is 12.4 Å². The maximum atomic E-state index is 5.74. The molecule has 1 atom stereocenters. The van der Waals surface area contributed by atoms with Crippen LogP contribution in [0.25, 0.3) is 11.3 Å². The Kier molecular flexibility index (Phi) is 4.47. The smallest absolute Gasteiger partial charge is 0.231 e. The SMILES string of the molecule is COc1ccc2c(c1OC)C[N+]1(C)CCc3cc4c(cc3C1=C2C)OCO4.[Cl-]. The first-order valence-corrected chi connectivity index (χ1v) is 9.29. The zero-order valence-corrected chi connectivity index (χ0v) is 17.4. The minimum Gasteiger partial charge on any atom is -1.00 e. The average Bonchev–Trinajstić information content (AvgIpc) is 3.12. The van der Waals surface area contributed by atoms with Crippen molar-refractivity contribution in [2.75, 3.05) is 34.6 Å². The summed E-state index contributed by atoms with van der Waals surface area (Å²) in [4.78, 5) is 0. The van der Waals surface area contributed by atoms with Gasteiger partial charge in [0.25, 0.3) is 0 Å². The van der Waals surface area contributed by atoms with E-state index in [1.54, 1.807) is 14.2 Å². The van der Waals surface area contributed by atoms with Gasteiger partial charge < -0.3 is 31.4 Å². The van der Waals surface area contributed by atoms with Gasteiger partial charge in [0.2, 0.25) is 6.79 Å². The summed E-state index contributed by atoms with van der Waals surface area (Å²) in [5.41, 5.74) is 7.75. The van der Waals surface area contributed by atoms with E-state index in [0.717, 1.165) is 47.0 Å². The number of benzene rings is 2. The summed E-state index contributed by atoms with van der Waals surface area (Å²) >= 11 is 0. The summed E-state index contributed by atoms with van der Waals surface area (Å²) in [6.45, 7) is 4.45. The first-order chi connectivity index (χ1) is 13.1. The lowest BCUT2D eigenvalue weighted by Crippen LogP contribution is -3.00. The summed E-state index contributed by atoms with van der Waals surface area (Å²) in [5, 5.41) is 0. The summed E-state index contributed by atoms with van der Waals surface area (Å²) in [6, 6.07) is 8.48. The molecule has 148 valence electrons. The Hall–Kier alpha value is -2.37. The number of hydrogen-bond donors (Lipinski definition) is 0. The predicted molar refractivity (Wildman–Crippen MR) is 103 cm³/mol. The highest BCUT2D eigenvalue weighted by molar-refractivity contribution is 5.91. The van der Waals surface area contributed by atoms with Gasteiger partial charge in [-0.1, -0.05) is 6.07 Å². The number of fused-ring (bicyclic) bond motifs is 5. The van der Waals surface area contributed by atoms with E-state index in [0.29, 0.717) is 6.79 Å². The molecular weight excluding hydrogens is 378 g/mol. The fourth-order valence-electron chi connectivity index (χ4n) is 4.92. The van der Waals surface area contributed by atoms with E-state index in [4.69, 9.17) is 18.9 Å². The van der Waals surface area contributed by atoms with Crippen molar-refractivity contribution in [2.45, 2.75) is 19.9 Å². The van der Waals surface area contributed by atoms with Crippen molar-refractivity contribution in [3.8, 4) is 23.0 Å². The number of allylic oxidation sites excluding steroid dienone is 1. The molecule has 0 saturated heterocycles. The van der Waals surface area contributed by atoms with Crippen LogP contribution in [0.1, 0.15) is 29.2 Å². The van der Waals surface area contributed by atoms with E-state index in [9.17, 15) is 0 Å². The third-order valence-corrected chi connectivity index (χ3v) is 6.18. The zero-order valence-electron chi connectivity index (χ0n) is 16.6. The van der Waals surface area contributed by atoms with Crippen molar-refractivity contribution < 1.29 is 35.8 Å². The van der Waals surface area contributed by atoms with Crippen molar-refractivity contribution >= 4 is 11.3 Å². The number of ether oxygens (including phenoxy) is 4. The molecule has 6 heteroatoms. The highest BCUT2D eigenvalue weighted by atomic mass is 35.5. The van der Waals surface area contributed by atoms with E-state index >= 15 is 0 Å². The molecule has 0 radical (unpaired) electrons. The van der Waals surface area contributed by atoms with Gasteiger partial charge in [-0.25, -0.2) is 0 Å². The molecule has 5 nitrogen and oxygen atoms in total. The molecule has 0 N–H and O–H groups in total. The molecule has 0 spiro atoms. The summed E-state index contributed by atoms with van der Waals surface area (Å²) < 4.78 is 23.4. The minimum atomic E-state index is 0. The van der Waals surface area contributed by atoms with Gasteiger partial charge in [0, 0.05) is 17.6 Å². The van der Waals surface area contributed by atoms with Crippen LogP contribution in [0.2, 0.25) is 0 Å². The third-order valence-electron chi connectivity index (χ3n) is 6.18. The second-order valence-electron chi connectivity index (χ2n) is 7.69. The molecule has 3 heterocycles. The van der Waals surface area contributed by atoms with E-state index in [1.165, 1.54) is 33.5 Å². The first kappa shape index (κ1) is 19.0. The van der Waals surface area contributed by atoms with Crippen LogP contribution in [0.15, 0.2) is 24.3 Å². The van der Waals surface area contributed by atoms with Crippen LogP contribution in [0, 0.1) is 0 Å². The van der Waals surface area contributed by atoms with Crippen LogP contribution in [0.4, 0.5) is 0 Å². The standard InChI is InChI=1S/C22H24NO4.ClH/c1-13-15-5-6-18(24-3)22(25-4)17(15)11-23(2)8-7-14-9-19-20(27-12-26-19)10-16(14)21(13)23;/h5-6,9-10H,7-8,11-12H2,1-4H3;1H/q+1;/p-1. The van der Waals surface area contributed by atoms with Gasteiger partial charge in [-0.2, -0.15) is 0 Å². The molecule has 0 bridgehead atoms. The zero-order chi connectivity index (χ0) is 18.8. The van der Waals surface area contributed by atoms with Crippen molar-refractivity contribution in [1.29, 1.82) is 0 Å². The maximum absolute atomic E-state index is 5.74. The van der Waals surface area contributed by atoms with Gasteiger partial charge in [-0.05, 0) is 36.2 Å². The van der Waals surface area contributed by atoms with Crippen molar-refractivity contribution in [3.63, 3.8) is 0 Å². The van der Waals surface area contributed by atoms with Crippen LogP contribution in [0.5, 0.6) is 23.0 Å². The third kappa shape index (κ3) is 2.50. The lowest BCUT2D eigenvalue weighted by molar-refractivity contribution is -0.855. The molecule has 2 aromatic rings. The lowest BCUT2D eigenvalue weighted by Gasteiger charge is -2.44. The monoisotopic (exact) mass is 401 g/mol. The van der Waals surface area contributed by atoms with Gasteiger partial charge in [0.1, 0.15) is 12.2 Å². The number of nitrogens with zero attached hydrogens (tertiary/aromatic N) is 1. The van der Waals surface area contributed by atoms with Crippen molar-refractivity contribution in [3.05, 3.63) is 46.5 Å². The second kappa shape index (κ2) is 6.61. The molecule has 3 aliphatic heterocycles. The summed E-state index contributed by atoms with van der Waals surface area (Å²) in [7, 11) is 5.73. The van der Waals surface area contributed by atoms with Crippen LogP contribution in [-0.4, -0.2) is 39.1 Å². The Labute approximate surface area is 171 Å². The van der Waals surface area contributed by atoms with Gasteiger partial charge in [-0.15, -0.1) is 0 Å². The normalized spacial score (nSPS) is 21.3. The number of quaternary nitrogens is 1. The molecule has 1 unspecified atom stereocenters. The lowest BCUT2D eigenvalue weighted by atomic mass is 9.84. The van der Waals surface area contributed by atoms with Crippen LogP contribution < -0.4 is 31.4 Å². The van der Waals surface area contributed by atoms with Crippen LogP contribution in [0.3, 0.4) is 0 Å². The van der Waals surface area contributed by atoms with E-state index < -0.39 is 0 Å². The van der Waals surface area contributed by atoms with Gasteiger partial charge in [0.05, 0.1) is 33.4 Å². The number of rotatable bonds is 2. The summed E-state index contributed by atoms with van der Waals surface area (Å²) in [5.74, 6) is 3.36. The Morgan fingerprint density at radius 3 is 2.46 bits per heavy atom. The molecule has 3 aliphatic rings. The summed E-state index contributed by atoms with van der Waals surface area (Å²) in [6.07, 6.45) is 1.01. The van der Waals surface area contributed by atoms with Crippen molar-refractivity contribution in [1.82, 2.24) is 0 Å². The first-order valence-electron chi connectivity index (χ1n) is 9.29. The van der Waals surface area contributed by atoms with Crippen molar-refractivity contribution in [2.24, 2.45) is 0 Å². The molecule has 28 heavy (non-hydrogen) atoms. The van der Waals surface area contributed by atoms with Gasteiger partial charge >= 0.3 is 0 Å². The Bertz CT molecular complexity index is 1000. The molecule has 0 aromatic heterocycles. The fourth-order valence-corrected chi connectivity index (χ4v) is 4.92. The topological polar surface area (TPSA) is 36.9 Å². The van der Waals surface area contributed by atoms with Crippen LogP contribution in [-0.2, 0) is 13.0 Å². The highest BCUT2D eigenvalue weighted by Gasteiger charge is 2.43. The van der Waals surface area contributed by atoms with Crippen LogP contribution >= 0.6 is 0 Å². The molecular formula is C22H24ClNO4. The molecule has 0 amide bonds. The fraction of sp³-hybridized carbons (Fsp3) is 0.364. The Morgan fingerprint density at radius 2 is 1.75 bits per heavy atom. The molecule has 0 saturated carbocycles. The van der Waals surface area contributed by atoms with Gasteiger partial charge in [0.15, 0.2) is 23.0 Å². The molecule has 0 aliphatic carbocycles. The Morgan fingerprint density at radius 1 is 1.00 bits per heavy atom. The molecule has 5 rings (SSSR count). The number of methoxy groups -OCH3 is 2. The van der Waals surface area contributed by atoms with Gasteiger partial charge in [-0.3, -0.25) is 4.48 Å². The van der Waals surface area contributed by atoms with E-state index in [2.05, 4.69) is 32.2 Å². The molecule has 2 aromatic carbocycles. The number of halogens is 1. The quantitative estimate of drug-likeness (QED) is 0.699. The number of hydrogen-bond acceptors (Lipinski definition) is 4. The second-order valence-corrected chi connectivity index (χ2v) is 7.69. The van der Waals surface area contributed by atoms with E-state index in [1.807, 2.05) is 6.07 Å². The number of likely N-dealkylation sites (N-methyl/N-ethyl adjacent to an activating group) is 1.